The zero-order valence-electron chi connectivity index (χ0n) is 10.6. The number of methoxy groups -OCH3 is 1. The highest BCUT2D eigenvalue weighted by molar-refractivity contribution is 5.17. The lowest BCUT2D eigenvalue weighted by atomic mass is 10.0. The van der Waals surface area contributed by atoms with Gasteiger partial charge in [-0.3, -0.25) is 0 Å². The number of epoxide rings is 1. The molecule has 19 heavy (non-hydrogen) atoms. The Labute approximate surface area is 111 Å². The highest BCUT2D eigenvalue weighted by Gasteiger charge is 2.60. The number of ether oxygens (including phenoxy) is 5. The van der Waals surface area contributed by atoms with Crippen molar-refractivity contribution in [3.8, 4) is 0 Å². The van der Waals surface area contributed by atoms with E-state index in [1.54, 1.807) is 7.11 Å². The quantitative estimate of drug-likeness (QED) is 0.752. The van der Waals surface area contributed by atoms with E-state index < -0.39 is 0 Å². The molecule has 3 heterocycles. The molecule has 1 aromatic rings. The summed E-state index contributed by atoms with van der Waals surface area (Å²) >= 11 is 0. The first-order valence-corrected chi connectivity index (χ1v) is 6.52. The molecule has 3 aliphatic rings. The normalized spacial score (nSPS) is 44.3. The number of hydrogen-bond donors (Lipinski definition) is 0. The molecule has 0 unspecified atom stereocenters. The van der Waals surface area contributed by atoms with Gasteiger partial charge in [0.15, 0.2) is 12.6 Å². The van der Waals surface area contributed by atoms with Crippen LogP contribution in [0.15, 0.2) is 30.3 Å². The summed E-state index contributed by atoms with van der Waals surface area (Å²) < 4.78 is 28.4. The van der Waals surface area contributed by atoms with Crippen LogP contribution in [-0.2, 0) is 23.7 Å². The van der Waals surface area contributed by atoms with Gasteiger partial charge in [0, 0.05) is 12.7 Å². The standard InChI is InChI=1S/C14H16O5/c1-15-14-12-11(18-12)10-9(17-14)7-16-13(19-10)8-5-3-2-4-6-8/h2-6,9-14H,7H2,1H3/t9-,10-,11-,12-,13-,14+/m0/s1. The fourth-order valence-corrected chi connectivity index (χ4v) is 2.80. The van der Waals surface area contributed by atoms with Gasteiger partial charge in [0.1, 0.15) is 24.4 Å². The smallest absolute Gasteiger partial charge is 0.186 e. The maximum Gasteiger partial charge on any atom is 0.186 e. The molecule has 0 aromatic heterocycles. The summed E-state index contributed by atoms with van der Waals surface area (Å²) in [6.45, 7) is 0.497. The van der Waals surface area contributed by atoms with Gasteiger partial charge in [-0.05, 0) is 0 Å². The van der Waals surface area contributed by atoms with E-state index in [-0.39, 0.29) is 37.0 Å². The summed E-state index contributed by atoms with van der Waals surface area (Å²) in [5.74, 6) is 0. The summed E-state index contributed by atoms with van der Waals surface area (Å²) in [5, 5.41) is 0. The van der Waals surface area contributed by atoms with Crippen LogP contribution in [0, 0.1) is 0 Å². The Morgan fingerprint density at radius 2 is 1.84 bits per heavy atom. The second kappa shape index (κ2) is 4.54. The van der Waals surface area contributed by atoms with E-state index in [4.69, 9.17) is 23.7 Å². The van der Waals surface area contributed by atoms with Crippen LogP contribution in [-0.4, -0.2) is 44.4 Å². The van der Waals surface area contributed by atoms with Gasteiger partial charge in [0.25, 0.3) is 0 Å². The topological polar surface area (TPSA) is 49.5 Å². The van der Waals surface area contributed by atoms with Crippen molar-refractivity contribution in [2.45, 2.75) is 37.0 Å². The monoisotopic (exact) mass is 264 g/mol. The lowest BCUT2D eigenvalue weighted by Gasteiger charge is -2.39. The minimum atomic E-state index is -0.338. The Bertz CT molecular complexity index is 450. The number of rotatable bonds is 2. The molecule has 0 radical (unpaired) electrons. The number of hydrogen-bond acceptors (Lipinski definition) is 5. The molecule has 3 saturated heterocycles. The van der Waals surface area contributed by atoms with Gasteiger partial charge in [-0.2, -0.15) is 0 Å². The maximum atomic E-state index is 6.00. The fourth-order valence-electron chi connectivity index (χ4n) is 2.80. The highest BCUT2D eigenvalue weighted by Crippen LogP contribution is 2.43. The predicted octanol–water partition coefficient (Wildman–Crippen LogP) is 1.24. The fraction of sp³-hybridized carbons (Fsp3) is 0.571. The van der Waals surface area contributed by atoms with Gasteiger partial charge >= 0.3 is 0 Å². The Balaban J connectivity index is 1.50. The first-order chi connectivity index (χ1) is 9.36. The van der Waals surface area contributed by atoms with Crippen LogP contribution in [0.1, 0.15) is 11.9 Å². The van der Waals surface area contributed by atoms with Gasteiger partial charge in [-0.15, -0.1) is 0 Å². The first-order valence-electron chi connectivity index (χ1n) is 6.52. The van der Waals surface area contributed by atoms with Crippen LogP contribution in [0.2, 0.25) is 0 Å². The van der Waals surface area contributed by atoms with E-state index in [1.165, 1.54) is 0 Å². The lowest BCUT2D eigenvalue weighted by molar-refractivity contribution is -0.304. The average molecular weight is 264 g/mol. The summed E-state index contributed by atoms with van der Waals surface area (Å²) in [5.41, 5.74) is 1.02. The van der Waals surface area contributed by atoms with E-state index in [0.29, 0.717) is 6.61 Å². The SMILES string of the molecule is CO[C@@H]1O[C@H]2CO[C@H](c3ccccc3)O[C@@H]2[C@@H]2O[C@H]12. The van der Waals surface area contributed by atoms with Crippen LogP contribution in [0.3, 0.4) is 0 Å². The Morgan fingerprint density at radius 1 is 1.00 bits per heavy atom. The third-order valence-corrected chi connectivity index (χ3v) is 3.83. The van der Waals surface area contributed by atoms with Crippen LogP contribution < -0.4 is 0 Å². The van der Waals surface area contributed by atoms with Crippen LogP contribution in [0.4, 0.5) is 0 Å². The van der Waals surface area contributed by atoms with Gasteiger partial charge < -0.3 is 23.7 Å². The van der Waals surface area contributed by atoms with Crippen LogP contribution in [0.25, 0.3) is 0 Å². The predicted molar refractivity (Wildman–Crippen MR) is 64.3 cm³/mol. The minimum Gasteiger partial charge on any atom is -0.361 e. The molecule has 5 heteroatoms. The molecule has 0 amide bonds. The van der Waals surface area contributed by atoms with E-state index in [0.717, 1.165) is 5.56 Å². The molecule has 3 aliphatic heterocycles. The molecule has 0 saturated carbocycles. The van der Waals surface area contributed by atoms with Gasteiger partial charge in [0.05, 0.1) is 6.61 Å². The van der Waals surface area contributed by atoms with Crippen molar-refractivity contribution in [3.63, 3.8) is 0 Å². The molecular formula is C14H16O5. The van der Waals surface area contributed by atoms with Crippen LogP contribution in [0.5, 0.6) is 0 Å². The molecule has 5 nitrogen and oxygen atoms in total. The van der Waals surface area contributed by atoms with Crippen molar-refractivity contribution in [1.29, 1.82) is 0 Å². The molecule has 0 bridgehead atoms. The molecule has 4 rings (SSSR count). The summed E-state index contributed by atoms with van der Waals surface area (Å²) in [7, 11) is 1.63. The highest BCUT2D eigenvalue weighted by atomic mass is 16.8. The second-order valence-corrected chi connectivity index (χ2v) is 5.02. The zero-order valence-corrected chi connectivity index (χ0v) is 10.6. The molecule has 0 N–H and O–H groups in total. The average Bonchev–Trinajstić information content (AvgIpc) is 3.27. The molecular weight excluding hydrogens is 248 g/mol. The van der Waals surface area contributed by atoms with Crippen molar-refractivity contribution in [2.24, 2.45) is 0 Å². The van der Waals surface area contributed by atoms with Crippen molar-refractivity contribution < 1.29 is 23.7 Å². The Morgan fingerprint density at radius 3 is 2.63 bits per heavy atom. The summed E-state index contributed by atoms with van der Waals surface area (Å²) in [6.07, 6.45) is -0.759. The third kappa shape index (κ3) is 1.98. The third-order valence-electron chi connectivity index (χ3n) is 3.83. The zero-order chi connectivity index (χ0) is 12.8. The molecule has 3 fully saturated rings. The van der Waals surface area contributed by atoms with E-state index in [1.807, 2.05) is 30.3 Å². The minimum absolute atomic E-state index is 0.000716. The van der Waals surface area contributed by atoms with Crippen molar-refractivity contribution in [2.75, 3.05) is 13.7 Å². The van der Waals surface area contributed by atoms with Crippen molar-refractivity contribution >= 4 is 0 Å². The molecule has 1 aromatic carbocycles. The number of benzene rings is 1. The van der Waals surface area contributed by atoms with E-state index >= 15 is 0 Å². The molecule has 0 spiro atoms. The van der Waals surface area contributed by atoms with Gasteiger partial charge in [0.2, 0.25) is 0 Å². The lowest BCUT2D eigenvalue weighted by Crippen LogP contribution is -2.52. The summed E-state index contributed by atoms with van der Waals surface area (Å²) in [4.78, 5) is 0. The van der Waals surface area contributed by atoms with Crippen LogP contribution >= 0.6 is 0 Å². The maximum absolute atomic E-state index is 6.00. The van der Waals surface area contributed by atoms with Crippen molar-refractivity contribution in [3.05, 3.63) is 35.9 Å². The van der Waals surface area contributed by atoms with E-state index in [9.17, 15) is 0 Å². The Kier molecular flexibility index (Phi) is 2.82. The Hall–Kier alpha value is -0.980. The second-order valence-electron chi connectivity index (χ2n) is 5.02. The molecule has 0 aliphatic carbocycles. The first kappa shape index (κ1) is 11.8. The largest absolute Gasteiger partial charge is 0.361 e. The van der Waals surface area contributed by atoms with E-state index in [2.05, 4.69) is 0 Å². The molecule has 6 atom stereocenters. The van der Waals surface area contributed by atoms with Gasteiger partial charge in [-0.1, -0.05) is 30.3 Å². The van der Waals surface area contributed by atoms with Crippen molar-refractivity contribution in [1.82, 2.24) is 0 Å². The summed E-state index contributed by atoms with van der Waals surface area (Å²) in [6, 6.07) is 9.92. The number of fused-ring (bicyclic) bond motifs is 3. The van der Waals surface area contributed by atoms with Gasteiger partial charge in [-0.25, -0.2) is 0 Å². The molecule has 102 valence electrons.